The molecule has 0 spiro atoms. The summed E-state index contributed by atoms with van der Waals surface area (Å²) in [4.78, 5) is 14.6. The van der Waals surface area contributed by atoms with E-state index in [2.05, 4.69) is 15.5 Å². The minimum Gasteiger partial charge on any atom is -0.369 e. The number of amides is 1. The van der Waals surface area contributed by atoms with Crippen LogP contribution in [0.15, 0.2) is 12.1 Å². The highest BCUT2D eigenvalue weighted by atomic mass is 16.2. The van der Waals surface area contributed by atoms with Gasteiger partial charge < -0.3 is 10.2 Å². The van der Waals surface area contributed by atoms with Gasteiger partial charge in [0.25, 0.3) is 5.91 Å². The highest BCUT2D eigenvalue weighted by Gasteiger charge is 2.38. The van der Waals surface area contributed by atoms with E-state index in [4.69, 9.17) is 0 Å². The molecule has 1 aromatic heterocycles. The van der Waals surface area contributed by atoms with Crippen molar-refractivity contribution in [2.75, 3.05) is 18.4 Å². The van der Waals surface area contributed by atoms with Gasteiger partial charge in [0.05, 0.1) is 0 Å². The molecule has 108 valence electrons. The fraction of sp³-hybridized carbons (Fsp3) is 0.667. The normalized spacial score (nSPS) is 25.4. The van der Waals surface area contributed by atoms with E-state index in [1.807, 2.05) is 17.9 Å². The van der Waals surface area contributed by atoms with Crippen molar-refractivity contribution in [3.05, 3.63) is 17.8 Å². The van der Waals surface area contributed by atoms with Gasteiger partial charge in [0.1, 0.15) is 5.82 Å². The second kappa shape index (κ2) is 5.77. The predicted molar refractivity (Wildman–Crippen MR) is 77.6 cm³/mol. The smallest absolute Gasteiger partial charge is 0.274 e. The number of nitrogens with one attached hydrogen (secondary N) is 1. The Kier molecular flexibility index (Phi) is 3.85. The summed E-state index contributed by atoms with van der Waals surface area (Å²) in [7, 11) is 0. The van der Waals surface area contributed by atoms with Gasteiger partial charge in [-0.2, -0.15) is 0 Å². The lowest BCUT2D eigenvalue weighted by atomic mass is 9.85. The van der Waals surface area contributed by atoms with Crippen LogP contribution in [-0.4, -0.2) is 40.1 Å². The number of rotatable bonds is 3. The van der Waals surface area contributed by atoms with E-state index in [-0.39, 0.29) is 5.91 Å². The van der Waals surface area contributed by atoms with Crippen molar-refractivity contribution in [2.24, 2.45) is 5.92 Å². The van der Waals surface area contributed by atoms with Crippen LogP contribution in [0.5, 0.6) is 0 Å². The number of aromatic nitrogens is 2. The largest absolute Gasteiger partial charge is 0.369 e. The van der Waals surface area contributed by atoms with Crippen LogP contribution in [0.3, 0.4) is 0 Å². The van der Waals surface area contributed by atoms with E-state index in [0.717, 1.165) is 31.7 Å². The molecule has 2 heterocycles. The Bertz CT molecular complexity index is 473. The van der Waals surface area contributed by atoms with Gasteiger partial charge in [-0.15, -0.1) is 10.2 Å². The molecular weight excluding hydrogens is 252 g/mol. The number of carbonyl (C=O) groups is 1. The van der Waals surface area contributed by atoms with Crippen LogP contribution in [0.1, 0.15) is 49.5 Å². The van der Waals surface area contributed by atoms with Crippen LogP contribution in [-0.2, 0) is 0 Å². The third-order valence-electron chi connectivity index (χ3n) is 4.51. The first-order chi connectivity index (χ1) is 9.79. The molecule has 1 saturated heterocycles. The summed E-state index contributed by atoms with van der Waals surface area (Å²) in [6, 6.07) is 4.05. The van der Waals surface area contributed by atoms with Crippen LogP contribution in [0, 0.1) is 5.92 Å². The van der Waals surface area contributed by atoms with Gasteiger partial charge in [-0.1, -0.05) is 12.8 Å². The number of likely N-dealkylation sites (tertiary alicyclic amines) is 1. The second-order valence-corrected chi connectivity index (χ2v) is 5.73. The first-order valence-electron chi connectivity index (χ1n) is 7.68. The summed E-state index contributed by atoms with van der Waals surface area (Å²) >= 11 is 0. The summed E-state index contributed by atoms with van der Waals surface area (Å²) in [5, 5.41) is 11.2. The van der Waals surface area contributed by atoms with Gasteiger partial charge >= 0.3 is 0 Å². The van der Waals surface area contributed by atoms with Crippen LogP contribution >= 0.6 is 0 Å². The number of hydrogen-bond donors (Lipinski definition) is 1. The Morgan fingerprint density at radius 2 is 2.15 bits per heavy atom. The SMILES string of the molecule is CCNc1ccc(C(=O)N2CCC3CCCCC32)nn1. The van der Waals surface area contributed by atoms with Crippen molar-refractivity contribution >= 4 is 11.7 Å². The van der Waals surface area contributed by atoms with Gasteiger partial charge in [-0.25, -0.2) is 0 Å². The molecule has 5 nitrogen and oxygen atoms in total. The molecular formula is C15H22N4O. The van der Waals surface area contributed by atoms with E-state index >= 15 is 0 Å². The van der Waals surface area contributed by atoms with Crippen molar-refractivity contribution in [3.63, 3.8) is 0 Å². The highest BCUT2D eigenvalue weighted by molar-refractivity contribution is 5.92. The third-order valence-corrected chi connectivity index (χ3v) is 4.51. The molecule has 5 heteroatoms. The lowest BCUT2D eigenvalue weighted by Gasteiger charge is -2.31. The number of hydrogen-bond acceptors (Lipinski definition) is 4. The van der Waals surface area contributed by atoms with Gasteiger partial charge in [0, 0.05) is 19.1 Å². The van der Waals surface area contributed by atoms with Gasteiger partial charge in [-0.05, 0) is 44.2 Å². The van der Waals surface area contributed by atoms with Gasteiger partial charge in [0.2, 0.25) is 0 Å². The first kappa shape index (κ1) is 13.3. The molecule has 0 aromatic carbocycles. The van der Waals surface area contributed by atoms with E-state index in [9.17, 15) is 4.79 Å². The Morgan fingerprint density at radius 3 is 2.90 bits per heavy atom. The number of carbonyl (C=O) groups excluding carboxylic acids is 1. The van der Waals surface area contributed by atoms with Crippen LogP contribution in [0.4, 0.5) is 5.82 Å². The Balaban J connectivity index is 1.72. The summed E-state index contributed by atoms with van der Waals surface area (Å²) in [5.74, 6) is 1.48. The molecule has 1 aliphatic carbocycles. The average molecular weight is 274 g/mol. The Morgan fingerprint density at radius 1 is 1.30 bits per heavy atom. The van der Waals surface area contributed by atoms with Gasteiger partial charge in [0.15, 0.2) is 5.69 Å². The molecule has 2 fully saturated rings. The molecule has 2 atom stereocenters. The zero-order chi connectivity index (χ0) is 13.9. The minimum absolute atomic E-state index is 0.0509. The molecule has 1 amide bonds. The second-order valence-electron chi connectivity index (χ2n) is 5.73. The molecule has 1 N–H and O–H groups in total. The van der Waals surface area contributed by atoms with Crippen LogP contribution in [0.25, 0.3) is 0 Å². The van der Waals surface area contributed by atoms with E-state index in [1.54, 1.807) is 6.07 Å². The fourth-order valence-electron chi connectivity index (χ4n) is 3.53. The number of anilines is 1. The maximum Gasteiger partial charge on any atom is 0.274 e. The Labute approximate surface area is 119 Å². The maximum absolute atomic E-state index is 12.6. The molecule has 0 bridgehead atoms. The van der Waals surface area contributed by atoms with Crippen LogP contribution in [0.2, 0.25) is 0 Å². The number of nitrogens with zero attached hydrogens (tertiary/aromatic N) is 3. The third kappa shape index (κ3) is 2.49. The van der Waals surface area contributed by atoms with E-state index in [1.165, 1.54) is 19.3 Å². The summed E-state index contributed by atoms with van der Waals surface area (Å²) < 4.78 is 0. The predicted octanol–water partition coefficient (Wildman–Crippen LogP) is 2.31. The summed E-state index contributed by atoms with van der Waals surface area (Å²) in [6.45, 7) is 3.69. The summed E-state index contributed by atoms with van der Waals surface area (Å²) in [6.07, 6.45) is 6.15. The van der Waals surface area contributed by atoms with Crippen molar-refractivity contribution in [1.82, 2.24) is 15.1 Å². The Hall–Kier alpha value is -1.65. The van der Waals surface area contributed by atoms with Crippen molar-refractivity contribution in [2.45, 2.75) is 45.1 Å². The number of fused-ring (bicyclic) bond motifs is 1. The lowest BCUT2D eigenvalue weighted by molar-refractivity contribution is 0.0683. The molecule has 3 rings (SSSR count). The molecule has 20 heavy (non-hydrogen) atoms. The van der Waals surface area contributed by atoms with Crippen molar-refractivity contribution in [3.8, 4) is 0 Å². The van der Waals surface area contributed by atoms with Crippen molar-refractivity contribution < 1.29 is 4.79 Å². The zero-order valence-corrected chi connectivity index (χ0v) is 12.0. The quantitative estimate of drug-likeness (QED) is 0.919. The van der Waals surface area contributed by atoms with Gasteiger partial charge in [-0.3, -0.25) is 4.79 Å². The van der Waals surface area contributed by atoms with E-state index in [0.29, 0.717) is 17.7 Å². The summed E-state index contributed by atoms with van der Waals surface area (Å²) in [5.41, 5.74) is 0.470. The highest BCUT2D eigenvalue weighted by Crippen LogP contribution is 2.36. The molecule has 2 unspecified atom stereocenters. The minimum atomic E-state index is 0.0509. The molecule has 0 radical (unpaired) electrons. The molecule has 1 aromatic rings. The molecule has 2 aliphatic rings. The zero-order valence-electron chi connectivity index (χ0n) is 12.0. The van der Waals surface area contributed by atoms with Crippen molar-refractivity contribution in [1.29, 1.82) is 0 Å². The fourth-order valence-corrected chi connectivity index (χ4v) is 3.53. The topological polar surface area (TPSA) is 58.1 Å². The standard InChI is InChI=1S/C15H22N4O/c1-2-16-14-8-7-12(17-18-14)15(20)19-10-9-11-5-3-4-6-13(11)19/h7-8,11,13H,2-6,9-10H2,1H3,(H,16,18). The average Bonchev–Trinajstić information content (AvgIpc) is 2.92. The first-order valence-corrected chi connectivity index (χ1v) is 7.68. The monoisotopic (exact) mass is 274 g/mol. The maximum atomic E-state index is 12.6. The molecule has 1 aliphatic heterocycles. The van der Waals surface area contributed by atoms with E-state index < -0.39 is 0 Å². The molecule has 1 saturated carbocycles. The van der Waals surface area contributed by atoms with Crippen LogP contribution < -0.4 is 5.32 Å². The lowest BCUT2D eigenvalue weighted by Crippen LogP contribution is -2.39.